The highest BCUT2D eigenvalue weighted by atomic mass is 35.5. The van der Waals surface area contributed by atoms with Gasteiger partial charge in [0.2, 0.25) is 0 Å². The van der Waals surface area contributed by atoms with Crippen LogP contribution in [0, 0.1) is 5.82 Å². The first-order valence-electron chi connectivity index (χ1n) is 10.6. The van der Waals surface area contributed by atoms with Crippen molar-refractivity contribution in [2.75, 3.05) is 18.5 Å². The maximum Gasteiger partial charge on any atom is 0.410 e. The summed E-state index contributed by atoms with van der Waals surface area (Å²) >= 11 is 9.01. The predicted octanol–water partition coefficient (Wildman–Crippen LogP) is 6.58. The van der Waals surface area contributed by atoms with E-state index in [0.29, 0.717) is 31.1 Å². The number of hydrogen-bond donors (Lipinski definition) is 1. The van der Waals surface area contributed by atoms with Gasteiger partial charge in [-0.2, -0.15) is 0 Å². The molecule has 3 heterocycles. The molecular weight excluding hydrogens is 497 g/mol. The monoisotopic (exact) mass is 515 g/mol. The third kappa shape index (κ3) is 4.15. The van der Waals surface area contributed by atoms with Crippen LogP contribution < -0.4 is 5.32 Å². The van der Waals surface area contributed by atoms with E-state index in [2.05, 4.69) is 5.32 Å². The van der Waals surface area contributed by atoms with Gasteiger partial charge in [-0.05, 0) is 43.2 Å². The van der Waals surface area contributed by atoms with E-state index >= 15 is 0 Å². The van der Waals surface area contributed by atoms with E-state index in [1.54, 1.807) is 11.8 Å². The van der Waals surface area contributed by atoms with Crippen molar-refractivity contribution < 1.29 is 18.7 Å². The molecule has 1 N–H and O–H groups in total. The Bertz CT molecular complexity index is 1360. The van der Waals surface area contributed by atoms with Gasteiger partial charge >= 0.3 is 6.09 Å². The van der Waals surface area contributed by atoms with Gasteiger partial charge in [-0.3, -0.25) is 4.79 Å². The van der Waals surface area contributed by atoms with Crippen molar-refractivity contribution in [3.8, 4) is 10.6 Å². The highest BCUT2D eigenvalue weighted by Gasteiger charge is 2.30. The highest BCUT2D eigenvalue weighted by molar-refractivity contribution is 7.23. The molecule has 34 heavy (non-hydrogen) atoms. The fourth-order valence-corrected chi connectivity index (χ4v) is 6.57. The molecule has 0 saturated carbocycles. The molecular formula is C24H19ClFN3O3S2. The molecule has 2 aromatic heterocycles. The minimum absolute atomic E-state index is 0.0360. The number of rotatable bonds is 4. The molecule has 0 aliphatic carbocycles. The van der Waals surface area contributed by atoms with Crippen molar-refractivity contribution in [2.45, 2.75) is 19.9 Å². The summed E-state index contributed by atoms with van der Waals surface area (Å²) in [5, 5.41) is 4.22. The number of ether oxygens (including phenoxy) is 1. The van der Waals surface area contributed by atoms with E-state index in [0.717, 1.165) is 31.2 Å². The third-order valence-electron chi connectivity index (χ3n) is 5.51. The second-order valence-electron chi connectivity index (χ2n) is 7.62. The van der Waals surface area contributed by atoms with Gasteiger partial charge in [-0.25, -0.2) is 14.2 Å². The quantitative estimate of drug-likeness (QED) is 0.333. The molecule has 0 fully saturated rings. The second kappa shape index (κ2) is 9.32. The molecule has 0 radical (unpaired) electrons. The summed E-state index contributed by atoms with van der Waals surface area (Å²) in [6, 6.07) is 11.9. The highest BCUT2D eigenvalue weighted by Crippen LogP contribution is 2.46. The molecule has 0 unspecified atom stereocenters. The van der Waals surface area contributed by atoms with Crippen LogP contribution in [0.2, 0.25) is 5.02 Å². The number of aromatic nitrogens is 1. The van der Waals surface area contributed by atoms with Crippen molar-refractivity contribution in [1.29, 1.82) is 0 Å². The molecule has 1 aliphatic heterocycles. The molecule has 0 atom stereocenters. The lowest BCUT2D eigenvalue weighted by molar-refractivity contribution is 0.102. The summed E-state index contributed by atoms with van der Waals surface area (Å²) in [5.41, 5.74) is 2.49. The zero-order valence-electron chi connectivity index (χ0n) is 18.1. The first-order valence-corrected chi connectivity index (χ1v) is 12.6. The van der Waals surface area contributed by atoms with Crippen LogP contribution >= 0.6 is 34.3 Å². The number of nitrogens with zero attached hydrogens (tertiary/aromatic N) is 2. The smallest absolute Gasteiger partial charge is 0.410 e. The van der Waals surface area contributed by atoms with Crippen molar-refractivity contribution in [2.24, 2.45) is 0 Å². The first-order chi connectivity index (χ1) is 16.5. The Morgan fingerprint density at radius 1 is 1.21 bits per heavy atom. The van der Waals surface area contributed by atoms with Crippen molar-refractivity contribution >= 4 is 61.5 Å². The number of hydrogen-bond acceptors (Lipinski definition) is 6. The van der Waals surface area contributed by atoms with E-state index < -0.39 is 11.7 Å². The van der Waals surface area contributed by atoms with Gasteiger partial charge in [0.05, 0.1) is 34.0 Å². The molecule has 6 nitrogen and oxygen atoms in total. The topological polar surface area (TPSA) is 71.5 Å². The zero-order chi connectivity index (χ0) is 23.8. The van der Waals surface area contributed by atoms with E-state index in [-0.39, 0.29) is 16.7 Å². The van der Waals surface area contributed by atoms with Crippen LogP contribution in [-0.2, 0) is 17.7 Å². The van der Waals surface area contributed by atoms with Crippen LogP contribution in [0.25, 0.3) is 20.8 Å². The average molecular weight is 516 g/mol. The lowest BCUT2D eigenvalue weighted by Crippen LogP contribution is -2.35. The Hall–Kier alpha value is -3.01. The van der Waals surface area contributed by atoms with Crippen LogP contribution in [0.5, 0.6) is 0 Å². The largest absolute Gasteiger partial charge is 0.450 e. The van der Waals surface area contributed by atoms with Crippen LogP contribution in [0.1, 0.15) is 27.7 Å². The summed E-state index contributed by atoms with van der Waals surface area (Å²) < 4.78 is 20.6. The van der Waals surface area contributed by atoms with Gasteiger partial charge in [0.1, 0.15) is 15.8 Å². The maximum absolute atomic E-state index is 14.4. The summed E-state index contributed by atoms with van der Waals surface area (Å²) in [5.74, 6) is -1.33. The van der Waals surface area contributed by atoms with Crippen molar-refractivity contribution in [3.63, 3.8) is 0 Å². The molecule has 2 amide bonds. The van der Waals surface area contributed by atoms with E-state index in [4.69, 9.17) is 21.3 Å². The van der Waals surface area contributed by atoms with Gasteiger partial charge in [-0.15, -0.1) is 22.7 Å². The number of anilines is 1. The SMILES string of the molecule is CCOC(=O)N1CCc2c(sc(NC(=O)c3c(F)cccc3Cl)c2-c2nc3ccccc3s2)C1. The van der Waals surface area contributed by atoms with Crippen molar-refractivity contribution in [3.05, 3.63) is 69.3 Å². The number of fused-ring (bicyclic) bond motifs is 2. The summed E-state index contributed by atoms with van der Waals surface area (Å²) in [4.78, 5) is 32.7. The average Bonchev–Trinajstić information content (AvgIpc) is 3.39. The van der Waals surface area contributed by atoms with Gasteiger partial charge < -0.3 is 15.0 Å². The Kier molecular flexibility index (Phi) is 6.24. The van der Waals surface area contributed by atoms with Gasteiger partial charge in [0, 0.05) is 17.0 Å². The van der Waals surface area contributed by atoms with Crippen LogP contribution in [-0.4, -0.2) is 35.0 Å². The molecule has 0 saturated heterocycles. The van der Waals surface area contributed by atoms with Crippen LogP contribution in [0.4, 0.5) is 14.2 Å². The minimum atomic E-state index is -0.693. The number of para-hydroxylation sites is 1. The molecule has 4 aromatic rings. The number of thiazole rings is 1. The van der Waals surface area contributed by atoms with Gasteiger partial charge in [-0.1, -0.05) is 29.8 Å². The molecule has 0 spiro atoms. The lowest BCUT2D eigenvalue weighted by Gasteiger charge is -2.26. The standard InChI is InChI=1S/C24H19ClFN3O3S2/c1-2-32-24(31)29-11-10-13-18(12-29)34-23(28-21(30)20-14(25)6-5-7-15(20)26)19(13)22-27-16-8-3-4-9-17(16)33-22/h3-9H,2,10-12H2,1H3,(H,28,30). The summed E-state index contributed by atoms with van der Waals surface area (Å²) in [6.45, 7) is 2.93. The summed E-state index contributed by atoms with van der Waals surface area (Å²) in [6.07, 6.45) is 0.221. The lowest BCUT2D eigenvalue weighted by atomic mass is 10.0. The third-order valence-corrected chi connectivity index (χ3v) is 8.01. The fourth-order valence-electron chi connectivity index (χ4n) is 3.95. The minimum Gasteiger partial charge on any atom is -0.450 e. The molecule has 2 aromatic carbocycles. The zero-order valence-corrected chi connectivity index (χ0v) is 20.5. The Labute approximate surface area is 207 Å². The maximum atomic E-state index is 14.4. The van der Waals surface area contributed by atoms with Gasteiger partial charge in [0.15, 0.2) is 0 Å². The summed E-state index contributed by atoms with van der Waals surface area (Å²) in [7, 11) is 0. The molecule has 174 valence electrons. The second-order valence-corrected chi connectivity index (χ2v) is 10.2. The number of amides is 2. The Morgan fingerprint density at radius 3 is 2.79 bits per heavy atom. The molecule has 1 aliphatic rings. The van der Waals surface area contributed by atoms with E-state index in [1.165, 1.54) is 40.9 Å². The number of nitrogens with one attached hydrogen (secondary N) is 1. The Balaban J connectivity index is 1.58. The van der Waals surface area contributed by atoms with Crippen LogP contribution in [0.15, 0.2) is 42.5 Å². The fraction of sp³-hybridized carbons (Fsp3) is 0.208. The van der Waals surface area contributed by atoms with E-state index in [1.807, 2.05) is 24.3 Å². The number of halogens is 2. The number of carbonyl (C=O) groups excluding carboxylic acids is 2. The van der Waals surface area contributed by atoms with Crippen LogP contribution in [0.3, 0.4) is 0 Å². The first kappa shape index (κ1) is 22.8. The molecule has 5 rings (SSSR count). The number of benzene rings is 2. The van der Waals surface area contributed by atoms with Gasteiger partial charge in [0.25, 0.3) is 5.91 Å². The number of carbonyl (C=O) groups is 2. The Morgan fingerprint density at radius 2 is 2.03 bits per heavy atom. The van der Waals surface area contributed by atoms with Crippen molar-refractivity contribution in [1.82, 2.24) is 9.88 Å². The molecule has 0 bridgehead atoms. The number of thiophene rings is 1. The van der Waals surface area contributed by atoms with E-state index in [9.17, 15) is 14.0 Å². The molecule has 10 heteroatoms. The normalized spacial score (nSPS) is 13.1. The predicted molar refractivity (Wildman–Crippen MR) is 133 cm³/mol.